The van der Waals surface area contributed by atoms with Crippen LogP contribution < -0.4 is 10.1 Å². The summed E-state index contributed by atoms with van der Waals surface area (Å²) in [5.41, 5.74) is 0. The Morgan fingerprint density at radius 1 is 1.26 bits per heavy atom. The highest BCUT2D eigenvalue weighted by molar-refractivity contribution is 6.32. The zero-order chi connectivity index (χ0) is 13.7. The van der Waals surface area contributed by atoms with Crippen molar-refractivity contribution in [2.24, 2.45) is 0 Å². The van der Waals surface area contributed by atoms with Gasteiger partial charge in [-0.3, -0.25) is 0 Å². The second-order valence-corrected chi connectivity index (χ2v) is 4.51. The Morgan fingerprint density at radius 2 is 2.05 bits per heavy atom. The van der Waals surface area contributed by atoms with Crippen LogP contribution in [-0.2, 0) is 0 Å². The average molecular weight is 278 g/mol. The SMILES string of the molecule is CCCNc1cc(Oc2ccccc2Cl)nc(C)n1. The lowest BCUT2D eigenvalue weighted by molar-refractivity contribution is 0.460. The lowest BCUT2D eigenvalue weighted by Crippen LogP contribution is -2.04. The maximum absolute atomic E-state index is 6.05. The van der Waals surface area contributed by atoms with Crippen LogP contribution in [0.15, 0.2) is 30.3 Å². The number of nitrogens with zero attached hydrogens (tertiary/aromatic N) is 2. The number of aromatic nitrogens is 2. The zero-order valence-corrected chi connectivity index (χ0v) is 11.7. The molecule has 0 radical (unpaired) electrons. The summed E-state index contributed by atoms with van der Waals surface area (Å²) in [7, 11) is 0. The number of nitrogens with one attached hydrogen (secondary N) is 1. The van der Waals surface area contributed by atoms with E-state index in [1.54, 1.807) is 18.2 Å². The Morgan fingerprint density at radius 3 is 2.79 bits per heavy atom. The quantitative estimate of drug-likeness (QED) is 0.895. The summed E-state index contributed by atoms with van der Waals surface area (Å²) in [6, 6.07) is 9.08. The Hall–Kier alpha value is -1.81. The highest BCUT2D eigenvalue weighted by Gasteiger charge is 2.06. The first-order valence-electron chi connectivity index (χ1n) is 6.21. The van der Waals surface area contributed by atoms with Crippen LogP contribution in [0, 0.1) is 6.92 Å². The number of ether oxygens (including phenoxy) is 1. The molecule has 0 unspecified atom stereocenters. The third kappa shape index (κ3) is 3.83. The molecule has 0 atom stereocenters. The number of hydrogen-bond acceptors (Lipinski definition) is 4. The maximum Gasteiger partial charge on any atom is 0.224 e. The van der Waals surface area contributed by atoms with Crippen LogP contribution in [0.1, 0.15) is 19.2 Å². The van der Waals surface area contributed by atoms with Crippen molar-refractivity contribution in [3.05, 3.63) is 41.2 Å². The van der Waals surface area contributed by atoms with Gasteiger partial charge in [0.05, 0.1) is 5.02 Å². The molecule has 1 aromatic heterocycles. The second-order valence-electron chi connectivity index (χ2n) is 4.10. The number of aryl methyl sites for hydroxylation is 1. The molecule has 0 aliphatic heterocycles. The first-order valence-corrected chi connectivity index (χ1v) is 6.58. The molecular weight excluding hydrogens is 262 g/mol. The smallest absolute Gasteiger partial charge is 0.224 e. The van der Waals surface area contributed by atoms with Gasteiger partial charge in [0, 0.05) is 12.6 Å². The van der Waals surface area contributed by atoms with Gasteiger partial charge in [0.25, 0.3) is 0 Å². The van der Waals surface area contributed by atoms with E-state index in [9.17, 15) is 0 Å². The first-order chi connectivity index (χ1) is 9.19. The van der Waals surface area contributed by atoms with E-state index in [2.05, 4.69) is 22.2 Å². The highest BCUT2D eigenvalue weighted by atomic mass is 35.5. The van der Waals surface area contributed by atoms with Crippen molar-refractivity contribution in [2.45, 2.75) is 20.3 Å². The summed E-state index contributed by atoms with van der Waals surface area (Å²) in [6.07, 6.45) is 1.03. The normalized spacial score (nSPS) is 10.3. The van der Waals surface area contributed by atoms with Gasteiger partial charge >= 0.3 is 0 Å². The predicted octanol–water partition coefficient (Wildman–Crippen LogP) is 4.05. The third-order valence-corrected chi connectivity index (χ3v) is 2.73. The standard InChI is InChI=1S/C14H16ClN3O/c1-3-8-16-13-9-14(18-10(2)17-13)19-12-7-5-4-6-11(12)15/h4-7,9H,3,8H2,1-2H3,(H,16,17,18). The number of hydrogen-bond donors (Lipinski definition) is 1. The minimum Gasteiger partial charge on any atom is -0.437 e. The molecule has 0 saturated heterocycles. The molecule has 0 aliphatic rings. The summed E-state index contributed by atoms with van der Waals surface area (Å²) >= 11 is 6.05. The van der Waals surface area contributed by atoms with Gasteiger partial charge in [-0.25, -0.2) is 4.98 Å². The molecule has 1 aromatic carbocycles. The summed E-state index contributed by atoms with van der Waals surface area (Å²) in [5, 5.41) is 3.77. The molecule has 0 aliphatic carbocycles. The largest absolute Gasteiger partial charge is 0.437 e. The molecule has 0 spiro atoms. The molecule has 4 nitrogen and oxygen atoms in total. The Labute approximate surface area is 117 Å². The van der Waals surface area contributed by atoms with Crippen molar-refractivity contribution in [3.63, 3.8) is 0 Å². The third-order valence-electron chi connectivity index (χ3n) is 2.42. The minimum absolute atomic E-state index is 0.485. The fourth-order valence-electron chi connectivity index (χ4n) is 1.58. The van der Waals surface area contributed by atoms with Crippen molar-refractivity contribution in [1.29, 1.82) is 0 Å². The van der Waals surface area contributed by atoms with Crippen molar-refractivity contribution in [3.8, 4) is 11.6 Å². The van der Waals surface area contributed by atoms with Crippen LogP contribution in [0.3, 0.4) is 0 Å². The summed E-state index contributed by atoms with van der Waals surface area (Å²) in [6.45, 7) is 4.79. The summed E-state index contributed by atoms with van der Waals surface area (Å²) < 4.78 is 5.69. The minimum atomic E-state index is 0.485. The van der Waals surface area contributed by atoms with Gasteiger partial charge in [-0.1, -0.05) is 30.7 Å². The topological polar surface area (TPSA) is 47.0 Å². The molecule has 2 rings (SSSR count). The molecule has 0 bridgehead atoms. The van der Waals surface area contributed by atoms with Crippen molar-refractivity contribution in [2.75, 3.05) is 11.9 Å². The number of para-hydroxylation sites is 1. The van der Waals surface area contributed by atoms with Crippen LogP contribution in [0.4, 0.5) is 5.82 Å². The number of benzene rings is 1. The molecule has 100 valence electrons. The van der Waals surface area contributed by atoms with Gasteiger partial charge in [0.1, 0.15) is 17.4 Å². The van der Waals surface area contributed by atoms with E-state index < -0.39 is 0 Å². The molecule has 0 amide bonds. The van der Waals surface area contributed by atoms with Gasteiger partial charge in [-0.05, 0) is 25.5 Å². The van der Waals surface area contributed by atoms with Gasteiger partial charge in [0.2, 0.25) is 5.88 Å². The summed E-state index contributed by atoms with van der Waals surface area (Å²) in [5.74, 6) is 2.49. The van der Waals surface area contributed by atoms with Crippen molar-refractivity contribution in [1.82, 2.24) is 9.97 Å². The van der Waals surface area contributed by atoms with Crippen LogP contribution >= 0.6 is 11.6 Å². The van der Waals surface area contributed by atoms with Crippen LogP contribution in [0.25, 0.3) is 0 Å². The lowest BCUT2D eigenvalue weighted by atomic mass is 10.3. The Bertz CT molecular complexity index is 560. The molecule has 0 saturated carbocycles. The second kappa shape index (κ2) is 6.38. The van der Waals surface area contributed by atoms with Gasteiger partial charge in [-0.15, -0.1) is 0 Å². The van der Waals surface area contributed by atoms with Crippen molar-refractivity contribution < 1.29 is 4.74 Å². The molecule has 0 fully saturated rings. The van der Waals surface area contributed by atoms with Crippen LogP contribution in [0.2, 0.25) is 5.02 Å². The number of rotatable bonds is 5. The average Bonchev–Trinajstić information content (AvgIpc) is 2.38. The molecule has 1 N–H and O–H groups in total. The summed E-state index contributed by atoms with van der Waals surface area (Å²) in [4.78, 5) is 8.55. The van der Waals surface area contributed by atoms with Gasteiger partial charge in [0.15, 0.2) is 0 Å². The van der Waals surface area contributed by atoms with Gasteiger partial charge in [-0.2, -0.15) is 4.98 Å². The van der Waals surface area contributed by atoms with E-state index in [1.165, 1.54) is 0 Å². The number of halogens is 1. The maximum atomic E-state index is 6.05. The Balaban J connectivity index is 2.20. The van der Waals surface area contributed by atoms with E-state index in [0.29, 0.717) is 22.5 Å². The van der Waals surface area contributed by atoms with Crippen LogP contribution in [-0.4, -0.2) is 16.5 Å². The van der Waals surface area contributed by atoms with Crippen molar-refractivity contribution >= 4 is 17.4 Å². The van der Waals surface area contributed by atoms with E-state index in [1.807, 2.05) is 19.1 Å². The number of anilines is 1. The molecule has 1 heterocycles. The van der Waals surface area contributed by atoms with E-state index in [-0.39, 0.29) is 0 Å². The molecule has 19 heavy (non-hydrogen) atoms. The van der Waals surface area contributed by atoms with Gasteiger partial charge < -0.3 is 10.1 Å². The fourth-order valence-corrected chi connectivity index (χ4v) is 1.75. The lowest BCUT2D eigenvalue weighted by Gasteiger charge is -2.09. The van der Waals surface area contributed by atoms with Crippen LogP contribution in [0.5, 0.6) is 11.6 Å². The zero-order valence-electron chi connectivity index (χ0n) is 11.0. The molecule has 2 aromatic rings. The first kappa shape index (κ1) is 13.6. The fraction of sp³-hybridized carbons (Fsp3) is 0.286. The van der Waals surface area contributed by atoms with E-state index in [0.717, 1.165) is 18.8 Å². The highest BCUT2D eigenvalue weighted by Crippen LogP contribution is 2.28. The predicted molar refractivity (Wildman–Crippen MR) is 77.1 cm³/mol. The van der Waals surface area contributed by atoms with E-state index >= 15 is 0 Å². The monoisotopic (exact) mass is 277 g/mol. The Kier molecular flexibility index (Phi) is 4.58. The molecular formula is C14H16ClN3O. The van der Waals surface area contributed by atoms with E-state index in [4.69, 9.17) is 16.3 Å². The molecule has 5 heteroatoms.